The molecule has 0 bridgehead atoms. The van der Waals surface area contributed by atoms with Gasteiger partial charge in [-0.15, -0.1) is 11.8 Å². The molecule has 0 aromatic heterocycles. The summed E-state index contributed by atoms with van der Waals surface area (Å²) < 4.78 is 6.17. The van der Waals surface area contributed by atoms with Gasteiger partial charge in [0.2, 0.25) is 0 Å². The van der Waals surface area contributed by atoms with Crippen LogP contribution in [0.3, 0.4) is 0 Å². The van der Waals surface area contributed by atoms with Gasteiger partial charge in [0.15, 0.2) is 0 Å². The van der Waals surface area contributed by atoms with E-state index in [1.807, 2.05) is 42.1 Å². The number of rotatable bonds is 6. The second-order valence-electron chi connectivity index (χ2n) is 6.48. The first-order chi connectivity index (χ1) is 10.4. The fraction of sp³-hybridized carbons (Fsp3) is 0.400. The lowest BCUT2D eigenvalue weighted by Gasteiger charge is -2.25. The summed E-state index contributed by atoms with van der Waals surface area (Å²) in [5.74, 6) is 1.85. The minimum atomic E-state index is 0.163. The SMILES string of the molecule is CCC(C)(C)c1ccc(SC(C)C)c(Oc2ccccc2)c1. The number of hydrogen-bond donors (Lipinski definition) is 0. The van der Waals surface area contributed by atoms with Crippen molar-refractivity contribution in [2.24, 2.45) is 0 Å². The maximum absolute atomic E-state index is 6.17. The van der Waals surface area contributed by atoms with Gasteiger partial charge >= 0.3 is 0 Å². The Morgan fingerprint density at radius 1 is 1.05 bits per heavy atom. The Kier molecular flexibility index (Phi) is 5.57. The van der Waals surface area contributed by atoms with E-state index in [1.54, 1.807) is 0 Å². The van der Waals surface area contributed by atoms with Gasteiger partial charge < -0.3 is 4.74 Å². The molecule has 0 saturated carbocycles. The average Bonchev–Trinajstić information content (AvgIpc) is 2.49. The Bertz CT molecular complexity index is 602. The number of thioether (sulfide) groups is 1. The van der Waals surface area contributed by atoms with Crippen molar-refractivity contribution in [3.63, 3.8) is 0 Å². The van der Waals surface area contributed by atoms with Crippen LogP contribution in [0.5, 0.6) is 11.5 Å². The first-order valence-electron chi connectivity index (χ1n) is 7.96. The van der Waals surface area contributed by atoms with Crippen molar-refractivity contribution in [3.8, 4) is 11.5 Å². The molecule has 0 radical (unpaired) electrons. The van der Waals surface area contributed by atoms with E-state index in [4.69, 9.17) is 4.74 Å². The lowest BCUT2D eigenvalue weighted by molar-refractivity contribution is 0.461. The maximum atomic E-state index is 6.17. The predicted molar refractivity (Wildman–Crippen MR) is 97.3 cm³/mol. The molecule has 0 atom stereocenters. The highest BCUT2D eigenvalue weighted by Crippen LogP contribution is 2.39. The van der Waals surface area contributed by atoms with E-state index in [-0.39, 0.29) is 5.41 Å². The van der Waals surface area contributed by atoms with Crippen LogP contribution in [0, 0.1) is 0 Å². The lowest BCUT2D eigenvalue weighted by Crippen LogP contribution is -2.15. The van der Waals surface area contributed by atoms with Crippen molar-refractivity contribution in [1.82, 2.24) is 0 Å². The number of benzene rings is 2. The van der Waals surface area contributed by atoms with E-state index < -0.39 is 0 Å². The molecular weight excluding hydrogens is 288 g/mol. The summed E-state index contributed by atoms with van der Waals surface area (Å²) in [5, 5.41) is 0.531. The highest BCUT2D eigenvalue weighted by molar-refractivity contribution is 8.00. The molecular formula is C20H26OS. The molecule has 0 unspecified atom stereocenters. The number of hydrogen-bond acceptors (Lipinski definition) is 2. The minimum absolute atomic E-state index is 0.163. The zero-order valence-corrected chi connectivity index (χ0v) is 15.0. The van der Waals surface area contributed by atoms with Crippen LogP contribution in [0.15, 0.2) is 53.4 Å². The summed E-state index contributed by atoms with van der Waals surface area (Å²) in [5.41, 5.74) is 1.49. The molecule has 0 aliphatic rings. The normalized spacial score (nSPS) is 11.7. The first kappa shape index (κ1) is 17.0. The molecule has 2 rings (SSSR count). The Hall–Kier alpha value is -1.41. The highest BCUT2D eigenvalue weighted by atomic mass is 32.2. The van der Waals surface area contributed by atoms with Crippen LogP contribution in [0.25, 0.3) is 0 Å². The van der Waals surface area contributed by atoms with Crippen molar-refractivity contribution < 1.29 is 4.74 Å². The quantitative estimate of drug-likeness (QED) is 0.551. The molecule has 1 nitrogen and oxygen atoms in total. The van der Waals surface area contributed by atoms with Gasteiger partial charge in [-0.1, -0.05) is 58.9 Å². The molecule has 0 N–H and O–H groups in total. The highest BCUT2D eigenvalue weighted by Gasteiger charge is 2.20. The molecule has 2 heteroatoms. The van der Waals surface area contributed by atoms with Gasteiger partial charge in [0.05, 0.1) is 4.90 Å². The van der Waals surface area contributed by atoms with Crippen molar-refractivity contribution in [2.75, 3.05) is 0 Å². The van der Waals surface area contributed by atoms with Crippen molar-refractivity contribution in [1.29, 1.82) is 0 Å². The largest absolute Gasteiger partial charge is 0.456 e. The van der Waals surface area contributed by atoms with Gasteiger partial charge in [-0.3, -0.25) is 0 Å². The van der Waals surface area contributed by atoms with Gasteiger partial charge in [-0.2, -0.15) is 0 Å². The molecule has 2 aromatic carbocycles. The van der Waals surface area contributed by atoms with Crippen LogP contribution in [-0.2, 0) is 5.41 Å². The Morgan fingerprint density at radius 2 is 1.73 bits per heavy atom. The molecule has 22 heavy (non-hydrogen) atoms. The summed E-state index contributed by atoms with van der Waals surface area (Å²) in [6.45, 7) is 11.2. The van der Waals surface area contributed by atoms with Gasteiger partial charge in [0.1, 0.15) is 11.5 Å². The fourth-order valence-electron chi connectivity index (χ4n) is 2.18. The topological polar surface area (TPSA) is 9.23 Å². The third kappa shape index (κ3) is 4.30. The zero-order chi connectivity index (χ0) is 16.2. The average molecular weight is 314 g/mol. The summed E-state index contributed by atoms with van der Waals surface area (Å²) in [6, 6.07) is 16.7. The third-order valence-electron chi connectivity index (χ3n) is 3.94. The molecule has 0 amide bonds. The van der Waals surface area contributed by atoms with Crippen LogP contribution < -0.4 is 4.74 Å². The summed E-state index contributed by atoms with van der Waals surface area (Å²) in [4.78, 5) is 1.20. The van der Waals surface area contributed by atoms with Gasteiger partial charge in [-0.05, 0) is 41.7 Å². The van der Waals surface area contributed by atoms with Gasteiger partial charge in [0, 0.05) is 5.25 Å². The summed E-state index contributed by atoms with van der Waals surface area (Å²) >= 11 is 1.85. The van der Waals surface area contributed by atoms with E-state index in [2.05, 4.69) is 52.8 Å². The Balaban J connectivity index is 2.39. The molecule has 0 saturated heterocycles. The lowest BCUT2D eigenvalue weighted by atomic mass is 9.82. The van der Waals surface area contributed by atoms with Crippen LogP contribution in [0.1, 0.15) is 46.6 Å². The number of ether oxygens (including phenoxy) is 1. The summed E-state index contributed by atoms with van der Waals surface area (Å²) in [6.07, 6.45) is 1.11. The smallest absolute Gasteiger partial charge is 0.141 e. The van der Waals surface area contributed by atoms with Gasteiger partial charge in [0.25, 0.3) is 0 Å². The van der Waals surface area contributed by atoms with Crippen molar-refractivity contribution in [2.45, 2.75) is 56.6 Å². The second-order valence-corrected chi connectivity index (χ2v) is 8.10. The van der Waals surface area contributed by atoms with Crippen LogP contribution >= 0.6 is 11.8 Å². The second kappa shape index (κ2) is 7.23. The van der Waals surface area contributed by atoms with Crippen LogP contribution in [-0.4, -0.2) is 5.25 Å². The third-order valence-corrected chi connectivity index (χ3v) is 5.01. The summed E-state index contributed by atoms with van der Waals surface area (Å²) in [7, 11) is 0. The van der Waals surface area contributed by atoms with Crippen molar-refractivity contribution >= 4 is 11.8 Å². The standard InChI is InChI=1S/C20H26OS/c1-6-20(4,5)16-12-13-19(22-15(2)3)18(14-16)21-17-10-8-7-9-11-17/h7-15H,6H2,1-5H3. The Labute approximate surface area is 139 Å². The van der Waals surface area contributed by atoms with Crippen LogP contribution in [0.2, 0.25) is 0 Å². The fourth-order valence-corrected chi connectivity index (χ4v) is 3.05. The van der Waals surface area contributed by atoms with Crippen LogP contribution in [0.4, 0.5) is 0 Å². The molecule has 2 aromatic rings. The number of para-hydroxylation sites is 1. The molecule has 0 aliphatic heterocycles. The first-order valence-corrected chi connectivity index (χ1v) is 8.84. The molecule has 0 spiro atoms. The van der Waals surface area contributed by atoms with E-state index in [0.29, 0.717) is 5.25 Å². The molecule has 0 fully saturated rings. The maximum Gasteiger partial charge on any atom is 0.141 e. The minimum Gasteiger partial charge on any atom is -0.456 e. The monoisotopic (exact) mass is 314 g/mol. The zero-order valence-electron chi connectivity index (χ0n) is 14.2. The van der Waals surface area contributed by atoms with E-state index in [9.17, 15) is 0 Å². The van der Waals surface area contributed by atoms with E-state index >= 15 is 0 Å². The van der Waals surface area contributed by atoms with E-state index in [1.165, 1.54) is 10.5 Å². The molecule has 0 heterocycles. The van der Waals surface area contributed by atoms with Gasteiger partial charge in [-0.25, -0.2) is 0 Å². The van der Waals surface area contributed by atoms with E-state index in [0.717, 1.165) is 17.9 Å². The Morgan fingerprint density at radius 3 is 2.32 bits per heavy atom. The predicted octanol–water partition coefficient (Wildman–Crippen LogP) is 6.67. The molecule has 0 aliphatic carbocycles. The molecule has 118 valence electrons. The van der Waals surface area contributed by atoms with Crippen molar-refractivity contribution in [3.05, 3.63) is 54.1 Å².